The molecule has 1 amide bonds. The highest BCUT2D eigenvalue weighted by molar-refractivity contribution is 5.94. The first-order valence-electron chi connectivity index (χ1n) is 10.7. The summed E-state index contributed by atoms with van der Waals surface area (Å²) >= 11 is 0. The molecule has 1 aliphatic heterocycles. The van der Waals surface area contributed by atoms with Crippen molar-refractivity contribution in [2.45, 2.75) is 39.3 Å². The highest BCUT2D eigenvalue weighted by atomic mass is 16.2. The fourth-order valence-corrected chi connectivity index (χ4v) is 3.77. The summed E-state index contributed by atoms with van der Waals surface area (Å²) in [6.07, 6.45) is 7.77. The minimum atomic E-state index is 0.0622. The highest BCUT2D eigenvalue weighted by Crippen LogP contribution is 2.20. The number of carbonyl (C=O) groups excluding carboxylic acids is 1. The maximum absolute atomic E-state index is 12.7. The first-order valence-corrected chi connectivity index (χ1v) is 10.7. The largest absolute Gasteiger partial charge is 0.363 e. The average molecular weight is 404 g/mol. The number of nitrogens with zero attached hydrogens (tertiary/aromatic N) is 4. The van der Waals surface area contributed by atoms with E-state index in [1.54, 1.807) is 6.20 Å². The second-order valence-electron chi connectivity index (χ2n) is 8.23. The maximum Gasteiger partial charge on any atom is 0.255 e. The molecule has 1 unspecified atom stereocenters. The average Bonchev–Trinajstić information content (AvgIpc) is 3.24. The first kappa shape index (κ1) is 20.1. The van der Waals surface area contributed by atoms with Gasteiger partial charge in [0, 0.05) is 31.0 Å². The molecule has 1 aromatic carbocycles. The zero-order valence-corrected chi connectivity index (χ0v) is 17.7. The van der Waals surface area contributed by atoms with Crippen molar-refractivity contribution >= 4 is 11.7 Å². The highest BCUT2D eigenvalue weighted by Gasteiger charge is 2.21. The Bertz CT molecular complexity index is 959. The van der Waals surface area contributed by atoms with Crippen molar-refractivity contribution in [3.05, 3.63) is 77.7 Å². The van der Waals surface area contributed by atoms with Crippen molar-refractivity contribution in [3.63, 3.8) is 0 Å². The lowest BCUT2D eigenvalue weighted by Gasteiger charge is -2.30. The zero-order valence-electron chi connectivity index (χ0n) is 17.7. The van der Waals surface area contributed by atoms with Crippen LogP contribution >= 0.6 is 0 Å². The van der Waals surface area contributed by atoms with E-state index in [9.17, 15) is 4.79 Å². The molecule has 1 N–H and O–H groups in total. The number of likely N-dealkylation sites (tertiary alicyclic amines) is 1. The quantitative estimate of drug-likeness (QED) is 0.664. The molecule has 0 bridgehead atoms. The number of pyridine rings is 1. The Morgan fingerprint density at radius 3 is 2.60 bits per heavy atom. The Labute approximate surface area is 177 Å². The number of hydrogen-bond acceptors (Lipinski definition) is 4. The molecule has 1 fully saturated rings. The van der Waals surface area contributed by atoms with Gasteiger partial charge in [0.05, 0.1) is 24.3 Å². The molecule has 1 atom stereocenters. The van der Waals surface area contributed by atoms with E-state index in [1.807, 2.05) is 46.1 Å². The van der Waals surface area contributed by atoms with Gasteiger partial charge in [0.1, 0.15) is 5.82 Å². The Hall–Kier alpha value is -3.15. The van der Waals surface area contributed by atoms with E-state index in [0.717, 1.165) is 43.9 Å². The minimum absolute atomic E-state index is 0.0622. The van der Waals surface area contributed by atoms with Gasteiger partial charge in [-0.2, -0.15) is 5.10 Å². The molecule has 3 heterocycles. The van der Waals surface area contributed by atoms with Gasteiger partial charge in [-0.05, 0) is 43.4 Å². The van der Waals surface area contributed by atoms with Crippen LogP contribution in [-0.4, -0.2) is 38.7 Å². The van der Waals surface area contributed by atoms with E-state index in [4.69, 9.17) is 0 Å². The van der Waals surface area contributed by atoms with Gasteiger partial charge in [-0.15, -0.1) is 0 Å². The summed E-state index contributed by atoms with van der Waals surface area (Å²) in [6.45, 7) is 6.75. The lowest BCUT2D eigenvalue weighted by molar-refractivity contribution is 0.0697. The Morgan fingerprint density at radius 2 is 1.90 bits per heavy atom. The van der Waals surface area contributed by atoms with Crippen molar-refractivity contribution in [3.8, 4) is 0 Å². The summed E-state index contributed by atoms with van der Waals surface area (Å²) in [7, 11) is 0. The van der Waals surface area contributed by atoms with E-state index in [0.29, 0.717) is 11.5 Å². The van der Waals surface area contributed by atoms with Gasteiger partial charge in [0.25, 0.3) is 5.91 Å². The van der Waals surface area contributed by atoms with Gasteiger partial charge < -0.3 is 10.2 Å². The Balaban J connectivity index is 1.34. The Morgan fingerprint density at radius 1 is 1.13 bits per heavy atom. The van der Waals surface area contributed by atoms with Crippen molar-refractivity contribution < 1.29 is 4.79 Å². The molecule has 6 heteroatoms. The molecule has 156 valence electrons. The molecule has 4 rings (SSSR count). The van der Waals surface area contributed by atoms with E-state index < -0.39 is 0 Å². The monoisotopic (exact) mass is 403 g/mol. The van der Waals surface area contributed by atoms with Gasteiger partial charge in [0.2, 0.25) is 0 Å². The SMILES string of the molecule is CC1CCN(C(=O)c2ccc(NC(C)c3cnn(Cc4ccccc4)c3)nc2)CC1. The normalized spacial score (nSPS) is 15.7. The van der Waals surface area contributed by atoms with Crippen molar-refractivity contribution in [1.29, 1.82) is 0 Å². The number of hydrogen-bond donors (Lipinski definition) is 1. The molecule has 1 aliphatic rings. The maximum atomic E-state index is 12.7. The second-order valence-corrected chi connectivity index (χ2v) is 8.23. The second kappa shape index (κ2) is 9.11. The van der Waals surface area contributed by atoms with E-state index in [-0.39, 0.29) is 11.9 Å². The van der Waals surface area contributed by atoms with Crippen LogP contribution in [0.1, 0.15) is 54.2 Å². The Kier molecular flexibility index (Phi) is 6.12. The van der Waals surface area contributed by atoms with E-state index in [1.165, 1.54) is 5.56 Å². The lowest BCUT2D eigenvalue weighted by Crippen LogP contribution is -2.37. The standard InChI is InChI=1S/C24H29N5O/c1-18-10-12-28(13-11-18)24(30)21-8-9-23(25-14-21)27-19(2)22-15-26-29(17-22)16-20-6-4-3-5-7-20/h3-9,14-15,17-19H,10-13,16H2,1-2H3,(H,25,27). The van der Waals surface area contributed by atoms with E-state index in [2.05, 4.69) is 47.6 Å². The molecule has 6 nitrogen and oxygen atoms in total. The van der Waals surface area contributed by atoms with Crippen LogP contribution in [0.5, 0.6) is 0 Å². The van der Waals surface area contributed by atoms with Crippen molar-refractivity contribution in [2.24, 2.45) is 5.92 Å². The third-order valence-electron chi connectivity index (χ3n) is 5.79. The number of amides is 1. The van der Waals surface area contributed by atoms with Gasteiger partial charge in [-0.1, -0.05) is 37.3 Å². The molecule has 3 aromatic rings. The van der Waals surface area contributed by atoms with Crippen molar-refractivity contribution in [2.75, 3.05) is 18.4 Å². The van der Waals surface area contributed by atoms with Gasteiger partial charge in [0.15, 0.2) is 0 Å². The number of nitrogens with one attached hydrogen (secondary N) is 1. The van der Waals surface area contributed by atoms with Crippen LogP contribution in [0.4, 0.5) is 5.82 Å². The number of carbonyl (C=O) groups is 1. The summed E-state index contributed by atoms with van der Waals surface area (Å²) in [4.78, 5) is 19.1. The predicted octanol–water partition coefficient (Wildman–Crippen LogP) is 4.37. The molecule has 30 heavy (non-hydrogen) atoms. The summed E-state index contributed by atoms with van der Waals surface area (Å²) in [5.41, 5.74) is 2.96. The molecule has 0 saturated carbocycles. The fraction of sp³-hybridized carbons (Fsp3) is 0.375. The third-order valence-corrected chi connectivity index (χ3v) is 5.79. The molecular weight excluding hydrogens is 374 g/mol. The van der Waals surface area contributed by atoms with Crippen LogP contribution in [0.25, 0.3) is 0 Å². The van der Waals surface area contributed by atoms with Crippen LogP contribution in [0.3, 0.4) is 0 Å². The van der Waals surface area contributed by atoms with Gasteiger partial charge in [-0.3, -0.25) is 9.48 Å². The van der Waals surface area contributed by atoms with Crippen LogP contribution in [0, 0.1) is 5.92 Å². The molecular formula is C24H29N5O. The molecule has 0 radical (unpaired) electrons. The molecule has 0 spiro atoms. The fourth-order valence-electron chi connectivity index (χ4n) is 3.77. The summed E-state index contributed by atoms with van der Waals surface area (Å²) in [6, 6.07) is 14.1. The third kappa shape index (κ3) is 4.87. The minimum Gasteiger partial charge on any atom is -0.363 e. The summed E-state index contributed by atoms with van der Waals surface area (Å²) in [5.74, 6) is 1.54. The summed E-state index contributed by atoms with van der Waals surface area (Å²) < 4.78 is 1.94. The topological polar surface area (TPSA) is 63.1 Å². The van der Waals surface area contributed by atoms with Crippen LogP contribution in [0.15, 0.2) is 61.1 Å². The van der Waals surface area contributed by atoms with E-state index >= 15 is 0 Å². The number of anilines is 1. The number of rotatable bonds is 6. The van der Waals surface area contributed by atoms with Gasteiger partial charge in [-0.25, -0.2) is 4.98 Å². The zero-order chi connectivity index (χ0) is 20.9. The lowest BCUT2D eigenvalue weighted by atomic mass is 9.99. The van der Waals surface area contributed by atoms with Crippen molar-refractivity contribution in [1.82, 2.24) is 19.7 Å². The van der Waals surface area contributed by atoms with Crippen LogP contribution in [0.2, 0.25) is 0 Å². The van der Waals surface area contributed by atoms with Gasteiger partial charge >= 0.3 is 0 Å². The van der Waals surface area contributed by atoms with Crippen LogP contribution < -0.4 is 5.32 Å². The first-order chi connectivity index (χ1) is 14.6. The van der Waals surface area contributed by atoms with Crippen LogP contribution in [-0.2, 0) is 6.54 Å². The summed E-state index contributed by atoms with van der Waals surface area (Å²) in [5, 5.41) is 7.87. The number of benzene rings is 1. The number of piperidine rings is 1. The molecule has 1 saturated heterocycles. The molecule has 2 aromatic heterocycles. The smallest absolute Gasteiger partial charge is 0.255 e. The molecule has 0 aliphatic carbocycles. The number of aromatic nitrogens is 3. The predicted molar refractivity (Wildman–Crippen MR) is 118 cm³/mol.